The van der Waals surface area contributed by atoms with Gasteiger partial charge in [-0.1, -0.05) is 0 Å². The van der Waals surface area contributed by atoms with E-state index >= 15 is 0 Å². The summed E-state index contributed by atoms with van der Waals surface area (Å²) < 4.78 is 5.24. The van der Waals surface area contributed by atoms with Gasteiger partial charge in [0.2, 0.25) is 11.8 Å². The smallest absolute Gasteiger partial charge is 0.319 e. The second-order valence-electron chi connectivity index (χ2n) is 6.61. The normalized spacial score (nSPS) is 20.5. The molecule has 136 valence electrons. The predicted octanol–water partition coefficient (Wildman–Crippen LogP) is -0.256. The van der Waals surface area contributed by atoms with Crippen molar-refractivity contribution in [2.45, 2.75) is 25.8 Å². The van der Waals surface area contributed by atoms with Crippen molar-refractivity contribution in [3.8, 4) is 0 Å². The molecule has 2 rings (SSSR count). The first-order valence-corrected chi connectivity index (χ1v) is 8.53. The number of piperidine rings is 1. The molecule has 0 spiro atoms. The zero-order valence-electron chi connectivity index (χ0n) is 14.8. The van der Waals surface area contributed by atoms with Gasteiger partial charge >= 0.3 is 6.03 Å². The van der Waals surface area contributed by atoms with Crippen molar-refractivity contribution in [1.82, 2.24) is 20.0 Å². The number of morpholine rings is 1. The standard InChI is InChI=1S/C16H28N4O4/c1-12(15(22)19-8-10-24-11-9-19)17-14(21)13-4-6-20(7-5-13)16(23)18(2)3/h12-13H,4-11H2,1-3H3,(H,17,21). The van der Waals surface area contributed by atoms with Crippen molar-refractivity contribution in [2.75, 3.05) is 53.5 Å². The molecule has 2 fully saturated rings. The summed E-state index contributed by atoms with van der Waals surface area (Å²) in [6.45, 7) is 5.10. The van der Waals surface area contributed by atoms with E-state index in [0.717, 1.165) is 0 Å². The second kappa shape index (κ2) is 8.32. The first-order valence-electron chi connectivity index (χ1n) is 8.53. The summed E-state index contributed by atoms with van der Waals surface area (Å²) in [5.74, 6) is -0.302. The van der Waals surface area contributed by atoms with Crippen LogP contribution in [0.2, 0.25) is 0 Å². The Morgan fingerprint density at radius 1 is 1.04 bits per heavy atom. The predicted molar refractivity (Wildman–Crippen MR) is 88.4 cm³/mol. The number of hydrogen-bond donors (Lipinski definition) is 1. The van der Waals surface area contributed by atoms with Crippen molar-refractivity contribution in [2.24, 2.45) is 5.92 Å². The van der Waals surface area contributed by atoms with Crippen LogP contribution in [0.4, 0.5) is 4.79 Å². The number of carbonyl (C=O) groups is 3. The number of rotatable bonds is 3. The molecule has 8 heteroatoms. The number of amides is 4. The number of nitrogens with one attached hydrogen (secondary N) is 1. The van der Waals surface area contributed by atoms with Crippen LogP contribution in [0.25, 0.3) is 0 Å². The molecule has 1 atom stereocenters. The SMILES string of the molecule is CC(NC(=O)C1CCN(C(=O)N(C)C)CC1)C(=O)N1CCOCC1. The minimum Gasteiger partial charge on any atom is -0.378 e. The summed E-state index contributed by atoms with van der Waals surface area (Å²) >= 11 is 0. The van der Waals surface area contributed by atoms with E-state index in [1.807, 2.05) is 0 Å². The summed E-state index contributed by atoms with van der Waals surface area (Å²) in [6, 6.07) is -0.554. The second-order valence-corrected chi connectivity index (χ2v) is 6.61. The van der Waals surface area contributed by atoms with Crippen molar-refractivity contribution in [1.29, 1.82) is 0 Å². The lowest BCUT2D eigenvalue weighted by Gasteiger charge is -2.34. The average molecular weight is 340 g/mol. The average Bonchev–Trinajstić information content (AvgIpc) is 2.61. The molecule has 0 radical (unpaired) electrons. The molecule has 0 aromatic carbocycles. The molecule has 2 aliphatic heterocycles. The molecule has 4 amide bonds. The van der Waals surface area contributed by atoms with E-state index in [4.69, 9.17) is 4.74 Å². The Morgan fingerprint density at radius 2 is 1.62 bits per heavy atom. The maximum Gasteiger partial charge on any atom is 0.319 e. The Bertz CT molecular complexity index is 469. The third-order valence-corrected chi connectivity index (χ3v) is 4.57. The molecule has 0 aliphatic carbocycles. The summed E-state index contributed by atoms with van der Waals surface area (Å²) in [4.78, 5) is 41.7. The van der Waals surface area contributed by atoms with E-state index in [9.17, 15) is 14.4 Å². The van der Waals surface area contributed by atoms with Crippen LogP contribution < -0.4 is 5.32 Å². The van der Waals surface area contributed by atoms with Gasteiger partial charge in [0.1, 0.15) is 6.04 Å². The Kier molecular flexibility index (Phi) is 6.42. The van der Waals surface area contributed by atoms with Gasteiger partial charge in [-0.15, -0.1) is 0 Å². The van der Waals surface area contributed by atoms with Crippen LogP contribution in [0.3, 0.4) is 0 Å². The molecule has 2 aliphatic rings. The van der Waals surface area contributed by atoms with Crippen molar-refractivity contribution in [3.63, 3.8) is 0 Å². The van der Waals surface area contributed by atoms with Crippen LogP contribution in [-0.4, -0.2) is 92.1 Å². The number of ether oxygens (including phenoxy) is 1. The Labute approximate surface area is 143 Å². The highest BCUT2D eigenvalue weighted by Crippen LogP contribution is 2.18. The molecule has 2 saturated heterocycles. The van der Waals surface area contributed by atoms with Gasteiger partial charge in [0, 0.05) is 46.2 Å². The van der Waals surface area contributed by atoms with Crippen molar-refractivity contribution < 1.29 is 19.1 Å². The minimum absolute atomic E-state index is 0.0234. The Morgan fingerprint density at radius 3 is 2.17 bits per heavy atom. The Hall–Kier alpha value is -1.83. The van der Waals surface area contributed by atoms with E-state index in [1.54, 1.807) is 35.7 Å². The van der Waals surface area contributed by atoms with E-state index in [-0.39, 0.29) is 23.8 Å². The van der Waals surface area contributed by atoms with Gasteiger partial charge in [0.05, 0.1) is 13.2 Å². The highest BCUT2D eigenvalue weighted by atomic mass is 16.5. The Balaban J connectivity index is 1.78. The van der Waals surface area contributed by atoms with Crippen LogP contribution in [0, 0.1) is 5.92 Å². The molecular weight excluding hydrogens is 312 g/mol. The molecule has 1 unspecified atom stereocenters. The fourth-order valence-corrected chi connectivity index (χ4v) is 3.07. The highest BCUT2D eigenvalue weighted by molar-refractivity contribution is 5.88. The molecule has 24 heavy (non-hydrogen) atoms. The highest BCUT2D eigenvalue weighted by Gasteiger charge is 2.30. The largest absolute Gasteiger partial charge is 0.378 e. The fourth-order valence-electron chi connectivity index (χ4n) is 3.07. The monoisotopic (exact) mass is 340 g/mol. The summed E-state index contributed by atoms with van der Waals surface area (Å²) in [7, 11) is 3.44. The van der Waals surface area contributed by atoms with Gasteiger partial charge in [-0.2, -0.15) is 0 Å². The lowest BCUT2D eigenvalue weighted by atomic mass is 9.95. The number of carbonyl (C=O) groups excluding carboxylic acids is 3. The third kappa shape index (κ3) is 4.59. The van der Waals surface area contributed by atoms with Crippen LogP contribution in [-0.2, 0) is 14.3 Å². The van der Waals surface area contributed by atoms with Crippen molar-refractivity contribution in [3.05, 3.63) is 0 Å². The summed E-state index contributed by atoms with van der Waals surface area (Å²) in [5.41, 5.74) is 0. The maximum atomic E-state index is 12.4. The van der Waals surface area contributed by atoms with Crippen LogP contribution in [0.1, 0.15) is 19.8 Å². The van der Waals surface area contributed by atoms with Gasteiger partial charge in [0.15, 0.2) is 0 Å². The molecule has 0 aromatic heterocycles. The molecular formula is C16H28N4O4. The van der Waals surface area contributed by atoms with Gasteiger partial charge in [0.25, 0.3) is 0 Å². The number of nitrogens with zero attached hydrogens (tertiary/aromatic N) is 3. The van der Waals surface area contributed by atoms with Gasteiger partial charge in [-0.3, -0.25) is 9.59 Å². The third-order valence-electron chi connectivity index (χ3n) is 4.57. The number of urea groups is 1. The molecule has 1 N–H and O–H groups in total. The zero-order chi connectivity index (χ0) is 17.7. The van der Waals surface area contributed by atoms with Gasteiger partial charge in [-0.25, -0.2) is 4.79 Å². The maximum absolute atomic E-state index is 12.4. The van der Waals surface area contributed by atoms with E-state index < -0.39 is 6.04 Å². The molecule has 0 bridgehead atoms. The quantitative estimate of drug-likeness (QED) is 0.768. The van der Waals surface area contributed by atoms with Gasteiger partial charge in [-0.05, 0) is 19.8 Å². The first kappa shape index (κ1) is 18.5. The summed E-state index contributed by atoms with van der Waals surface area (Å²) in [6.07, 6.45) is 1.26. The lowest BCUT2D eigenvalue weighted by molar-refractivity contribution is -0.140. The fraction of sp³-hybridized carbons (Fsp3) is 0.812. The molecule has 2 heterocycles. The number of likely N-dealkylation sites (tertiary alicyclic amines) is 1. The minimum atomic E-state index is -0.531. The zero-order valence-corrected chi connectivity index (χ0v) is 14.8. The van der Waals surface area contributed by atoms with Crippen LogP contribution in [0.5, 0.6) is 0 Å². The molecule has 0 saturated carbocycles. The number of hydrogen-bond acceptors (Lipinski definition) is 4. The first-order chi connectivity index (χ1) is 11.4. The van der Waals surface area contributed by atoms with Gasteiger partial charge < -0.3 is 24.8 Å². The lowest BCUT2D eigenvalue weighted by Crippen LogP contribution is -2.52. The topological polar surface area (TPSA) is 82.2 Å². The van der Waals surface area contributed by atoms with E-state index in [2.05, 4.69) is 5.32 Å². The van der Waals surface area contributed by atoms with E-state index in [1.165, 1.54) is 0 Å². The van der Waals surface area contributed by atoms with Crippen LogP contribution >= 0.6 is 0 Å². The summed E-state index contributed by atoms with van der Waals surface area (Å²) in [5, 5.41) is 2.83. The van der Waals surface area contributed by atoms with Crippen molar-refractivity contribution >= 4 is 17.8 Å². The molecule has 8 nitrogen and oxygen atoms in total. The van der Waals surface area contributed by atoms with E-state index in [0.29, 0.717) is 52.2 Å². The van der Waals surface area contributed by atoms with Crippen LogP contribution in [0.15, 0.2) is 0 Å². The molecule has 0 aromatic rings.